The van der Waals surface area contributed by atoms with E-state index in [9.17, 15) is 4.79 Å². The second kappa shape index (κ2) is 4.74. The molecule has 0 unspecified atom stereocenters. The molecule has 0 radical (unpaired) electrons. The van der Waals surface area contributed by atoms with Gasteiger partial charge in [0, 0.05) is 13.1 Å². The molecule has 19 heavy (non-hydrogen) atoms. The van der Waals surface area contributed by atoms with Crippen LogP contribution in [0.25, 0.3) is 0 Å². The van der Waals surface area contributed by atoms with E-state index >= 15 is 0 Å². The standard InChI is InChI=1S/C15H28N2O2/c1-13(2)10-17(11-14(3,4)19-13)12(18)15(16)8-6-5-7-9-15/h5-11,16H2,1-4H3. The number of nitrogens with zero attached hydrogens (tertiary/aromatic N) is 1. The summed E-state index contributed by atoms with van der Waals surface area (Å²) in [5.74, 6) is 0.122. The highest BCUT2D eigenvalue weighted by atomic mass is 16.5. The number of morpholine rings is 1. The summed E-state index contributed by atoms with van der Waals surface area (Å²) in [5.41, 5.74) is 5.14. The van der Waals surface area contributed by atoms with Crippen molar-refractivity contribution in [1.82, 2.24) is 4.90 Å². The highest BCUT2D eigenvalue weighted by Crippen LogP contribution is 2.33. The van der Waals surface area contributed by atoms with E-state index in [1.165, 1.54) is 6.42 Å². The first kappa shape index (κ1) is 14.8. The zero-order chi connectivity index (χ0) is 14.3. The Morgan fingerprint density at radius 3 is 1.95 bits per heavy atom. The fraction of sp³-hybridized carbons (Fsp3) is 0.933. The van der Waals surface area contributed by atoms with Gasteiger partial charge in [0.25, 0.3) is 0 Å². The number of ether oxygens (including phenoxy) is 1. The van der Waals surface area contributed by atoms with Gasteiger partial charge < -0.3 is 15.4 Å². The van der Waals surface area contributed by atoms with Crippen LogP contribution in [0.5, 0.6) is 0 Å². The molecule has 0 aromatic heterocycles. The Morgan fingerprint density at radius 2 is 1.47 bits per heavy atom. The number of carbonyl (C=O) groups excluding carboxylic acids is 1. The first-order valence-corrected chi connectivity index (χ1v) is 7.42. The molecule has 4 nitrogen and oxygen atoms in total. The van der Waals surface area contributed by atoms with Gasteiger partial charge in [-0.2, -0.15) is 0 Å². The maximum atomic E-state index is 12.8. The fourth-order valence-electron chi connectivity index (χ4n) is 3.64. The van der Waals surface area contributed by atoms with Crippen molar-refractivity contribution in [2.24, 2.45) is 5.73 Å². The van der Waals surface area contributed by atoms with Crippen molar-refractivity contribution in [2.45, 2.75) is 76.5 Å². The molecule has 2 N–H and O–H groups in total. The van der Waals surface area contributed by atoms with Crippen molar-refractivity contribution in [1.29, 1.82) is 0 Å². The summed E-state index contributed by atoms with van der Waals surface area (Å²) in [6, 6.07) is 0. The van der Waals surface area contributed by atoms with Crippen molar-refractivity contribution in [3.05, 3.63) is 0 Å². The molecule has 0 bridgehead atoms. The second-order valence-electron chi connectivity index (χ2n) is 7.50. The lowest BCUT2D eigenvalue weighted by atomic mass is 9.81. The van der Waals surface area contributed by atoms with Crippen molar-refractivity contribution in [2.75, 3.05) is 13.1 Å². The molecule has 1 amide bonds. The maximum absolute atomic E-state index is 12.8. The molecule has 0 atom stereocenters. The van der Waals surface area contributed by atoms with Gasteiger partial charge in [-0.05, 0) is 40.5 Å². The predicted molar refractivity (Wildman–Crippen MR) is 75.8 cm³/mol. The van der Waals surface area contributed by atoms with Gasteiger partial charge in [-0.15, -0.1) is 0 Å². The molecule has 1 heterocycles. The van der Waals surface area contributed by atoms with Crippen LogP contribution < -0.4 is 5.73 Å². The highest BCUT2D eigenvalue weighted by Gasteiger charge is 2.45. The highest BCUT2D eigenvalue weighted by molar-refractivity contribution is 5.86. The largest absolute Gasteiger partial charge is 0.366 e. The molecular weight excluding hydrogens is 240 g/mol. The van der Waals surface area contributed by atoms with E-state index in [1.54, 1.807) is 0 Å². The number of hydrogen-bond acceptors (Lipinski definition) is 3. The maximum Gasteiger partial charge on any atom is 0.242 e. The number of rotatable bonds is 1. The lowest BCUT2D eigenvalue weighted by molar-refractivity contribution is -0.191. The van der Waals surface area contributed by atoms with E-state index < -0.39 is 5.54 Å². The third-order valence-corrected chi connectivity index (χ3v) is 4.15. The zero-order valence-electron chi connectivity index (χ0n) is 12.8. The molecule has 0 aromatic carbocycles. The molecule has 110 valence electrons. The van der Waals surface area contributed by atoms with E-state index in [1.807, 2.05) is 32.6 Å². The summed E-state index contributed by atoms with van der Waals surface area (Å²) in [7, 11) is 0. The van der Waals surface area contributed by atoms with Crippen LogP contribution in [-0.2, 0) is 9.53 Å². The van der Waals surface area contributed by atoms with Crippen LogP contribution in [0, 0.1) is 0 Å². The summed E-state index contributed by atoms with van der Waals surface area (Å²) in [5, 5.41) is 0. The van der Waals surface area contributed by atoms with Gasteiger partial charge in [0.1, 0.15) is 0 Å². The molecule has 2 rings (SSSR count). The third-order valence-electron chi connectivity index (χ3n) is 4.15. The molecule has 1 aliphatic heterocycles. The first-order valence-electron chi connectivity index (χ1n) is 7.42. The fourth-order valence-corrected chi connectivity index (χ4v) is 3.64. The smallest absolute Gasteiger partial charge is 0.242 e. The van der Waals surface area contributed by atoms with Crippen LogP contribution in [0.2, 0.25) is 0 Å². The van der Waals surface area contributed by atoms with Gasteiger partial charge >= 0.3 is 0 Å². The number of nitrogens with two attached hydrogens (primary N) is 1. The lowest BCUT2D eigenvalue weighted by Gasteiger charge is -2.49. The van der Waals surface area contributed by atoms with E-state index in [4.69, 9.17) is 10.5 Å². The van der Waals surface area contributed by atoms with Crippen LogP contribution in [0.4, 0.5) is 0 Å². The Labute approximate surface area is 116 Å². The summed E-state index contributed by atoms with van der Waals surface area (Å²) in [6.07, 6.45) is 4.99. The number of amides is 1. The molecule has 0 aromatic rings. The average molecular weight is 268 g/mol. The van der Waals surface area contributed by atoms with Crippen LogP contribution in [-0.4, -0.2) is 40.6 Å². The van der Waals surface area contributed by atoms with E-state index in [2.05, 4.69) is 0 Å². The van der Waals surface area contributed by atoms with Crippen molar-refractivity contribution in [3.63, 3.8) is 0 Å². The Balaban J connectivity index is 2.14. The lowest BCUT2D eigenvalue weighted by Crippen LogP contribution is -2.64. The molecule has 1 saturated heterocycles. The molecule has 1 aliphatic carbocycles. The van der Waals surface area contributed by atoms with Crippen LogP contribution in [0.1, 0.15) is 59.8 Å². The van der Waals surface area contributed by atoms with Gasteiger partial charge in [-0.1, -0.05) is 19.3 Å². The SMILES string of the molecule is CC1(C)CN(C(=O)C2(N)CCCCC2)CC(C)(C)O1. The van der Waals surface area contributed by atoms with Crippen molar-refractivity contribution >= 4 is 5.91 Å². The average Bonchev–Trinajstić information content (AvgIpc) is 2.24. The van der Waals surface area contributed by atoms with Gasteiger partial charge in [-0.3, -0.25) is 4.79 Å². The van der Waals surface area contributed by atoms with Crippen LogP contribution in [0.15, 0.2) is 0 Å². The Morgan fingerprint density at radius 1 is 1.00 bits per heavy atom. The minimum Gasteiger partial charge on any atom is -0.366 e. The predicted octanol–water partition coefficient (Wildman–Crippen LogP) is 2.06. The van der Waals surface area contributed by atoms with Gasteiger partial charge in [0.05, 0.1) is 16.7 Å². The second-order valence-corrected chi connectivity index (χ2v) is 7.50. The summed E-state index contributed by atoms with van der Waals surface area (Å²) in [4.78, 5) is 14.7. The molecule has 2 aliphatic rings. The van der Waals surface area contributed by atoms with Gasteiger partial charge in [0.2, 0.25) is 5.91 Å². The van der Waals surface area contributed by atoms with Crippen molar-refractivity contribution < 1.29 is 9.53 Å². The molecule has 0 spiro atoms. The number of carbonyl (C=O) groups is 1. The third kappa shape index (κ3) is 3.29. The Kier molecular flexibility index (Phi) is 3.69. The molecule has 4 heteroatoms. The zero-order valence-corrected chi connectivity index (χ0v) is 12.8. The van der Waals surface area contributed by atoms with Gasteiger partial charge in [-0.25, -0.2) is 0 Å². The topological polar surface area (TPSA) is 55.6 Å². The Hall–Kier alpha value is -0.610. The van der Waals surface area contributed by atoms with Crippen molar-refractivity contribution in [3.8, 4) is 0 Å². The number of hydrogen-bond donors (Lipinski definition) is 1. The summed E-state index contributed by atoms with van der Waals surface area (Å²) >= 11 is 0. The van der Waals surface area contributed by atoms with E-state index in [0.717, 1.165) is 25.7 Å². The van der Waals surface area contributed by atoms with Crippen LogP contribution in [0.3, 0.4) is 0 Å². The summed E-state index contributed by atoms with van der Waals surface area (Å²) in [6.45, 7) is 9.43. The van der Waals surface area contributed by atoms with Gasteiger partial charge in [0.15, 0.2) is 0 Å². The molecule has 2 fully saturated rings. The minimum atomic E-state index is -0.637. The normalized spacial score (nSPS) is 29.0. The van der Waals surface area contributed by atoms with E-state index in [0.29, 0.717) is 13.1 Å². The molecule has 1 saturated carbocycles. The minimum absolute atomic E-state index is 0.122. The monoisotopic (exact) mass is 268 g/mol. The molecular formula is C15H28N2O2. The van der Waals surface area contributed by atoms with Crippen LogP contribution >= 0.6 is 0 Å². The quantitative estimate of drug-likeness (QED) is 0.792. The first-order chi connectivity index (χ1) is 8.64. The summed E-state index contributed by atoms with van der Waals surface area (Å²) < 4.78 is 6.03. The Bertz CT molecular complexity index is 341. The van der Waals surface area contributed by atoms with E-state index in [-0.39, 0.29) is 17.1 Å².